The number of aliphatic hydroxyl groups excluding tert-OH is 1. The molecule has 2 aromatic rings. The Kier molecular flexibility index (Phi) is 6.14. The third kappa shape index (κ3) is 4.32. The van der Waals surface area contributed by atoms with E-state index in [1.807, 2.05) is 30.3 Å². The van der Waals surface area contributed by atoms with Gasteiger partial charge in [-0.25, -0.2) is 4.90 Å². The van der Waals surface area contributed by atoms with Crippen LogP contribution in [0.15, 0.2) is 48.5 Å². The van der Waals surface area contributed by atoms with Crippen LogP contribution in [0.25, 0.3) is 0 Å². The summed E-state index contributed by atoms with van der Waals surface area (Å²) in [6.45, 7) is 5.94. The second-order valence-corrected chi connectivity index (χ2v) is 10.4. The molecule has 2 aliphatic carbocycles. The van der Waals surface area contributed by atoms with Gasteiger partial charge in [0.05, 0.1) is 6.61 Å². The molecule has 176 valence electrons. The van der Waals surface area contributed by atoms with Crippen molar-refractivity contribution >= 4 is 5.69 Å². The van der Waals surface area contributed by atoms with Gasteiger partial charge in [-0.05, 0) is 60.4 Å². The van der Waals surface area contributed by atoms with Gasteiger partial charge in [-0.1, -0.05) is 49.2 Å². The summed E-state index contributed by atoms with van der Waals surface area (Å²) in [6, 6.07) is 18.3. The third-order valence-corrected chi connectivity index (χ3v) is 8.56. The average Bonchev–Trinajstić information content (AvgIpc) is 3.51. The van der Waals surface area contributed by atoms with Gasteiger partial charge >= 0.3 is 0 Å². The van der Waals surface area contributed by atoms with Crippen LogP contribution in [-0.4, -0.2) is 60.1 Å². The molecule has 2 saturated heterocycles. The molecule has 5 nitrogen and oxygen atoms in total. The largest absolute Gasteiger partial charge is 0.369 e. The maximum absolute atomic E-state index is 10.9. The predicted octanol–water partition coefficient (Wildman–Crippen LogP) is 4.48. The first-order valence-corrected chi connectivity index (χ1v) is 13.0. The van der Waals surface area contributed by atoms with Crippen molar-refractivity contribution in [2.75, 3.05) is 37.6 Å². The highest BCUT2D eigenvalue weighted by atomic mass is 16.6. The monoisotopic (exact) mass is 447 g/mol. The summed E-state index contributed by atoms with van der Waals surface area (Å²) >= 11 is 0. The Morgan fingerprint density at radius 1 is 0.879 bits per heavy atom. The van der Waals surface area contributed by atoms with E-state index in [1.165, 1.54) is 55.6 Å². The molecule has 1 saturated carbocycles. The average molecular weight is 448 g/mol. The summed E-state index contributed by atoms with van der Waals surface area (Å²) in [5.41, 5.74) is 5.35. The maximum Gasteiger partial charge on any atom is 0.216 e. The molecule has 33 heavy (non-hydrogen) atoms. The molecule has 2 aliphatic heterocycles. The standard InChI is InChI=1S/C28H37N3O2/c32-28(33-20-21-6-2-1-3-7-21)31-13-12-22-18-27(31)26-19-24(10-11-25(22)26)30-16-14-29(15-17-30)23-8-4-5-9-23/h1-3,6-7,10-11,19,22-23,27-28,32H,4-5,8-9,12-18,20H2. The summed E-state index contributed by atoms with van der Waals surface area (Å²) in [6.07, 6.45) is 6.94. The molecule has 0 amide bonds. The van der Waals surface area contributed by atoms with Crippen LogP contribution < -0.4 is 4.90 Å². The lowest BCUT2D eigenvalue weighted by molar-refractivity contribution is -0.217. The number of fused-ring (bicyclic) bond motifs is 5. The number of aliphatic hydroxyl groups is 1. The van der Waals surface area contributed by atoms with Gasteiger partial charge in [-0.3, -0.25) is 4.90 Å². The maximum atomic E-state index is 10.9. The summed E-state index contributed by atoms with van der Waals surface area (Å²) in [4.78, 5) is 7.47. The molecule has 2 heterocycles. The lowest BCUT2D eigenvalue weighted by Gasteiger charge is -2.39. The van der Waals surface area contributed by atoms with E-state index < -0.39 is 6.41 Å². The molecule has 6 rings (SSSR count). The summed E-state index contributed by atoms with van der Waals surface area (Å²) < 4.78 is 5.91. The van der Waals surface area contributed by atoms with Crippen LogP contribution in [0.2, 0.25) is 0 Å². The van der Waals surface area contributed by atoms with Crippen LogP contribution in [0.5, 0.6) is 0 Å². The van der Waals surface area contributed by atoms with Crippen LogP contribution in [0.3, 0.4) is 0 Å². The molecule has 0 aromatic heterocycles. The number of hydrogen-bond donors (Lipinski definition) is 1. The fourth-order valence-electron chi connectivity index (χ4n) is 6.71. The summed E-state index contributed by atoms with van der Waals surface area (Å²) in [5, 5.41) is 10.9. The highest BCUT2D eigenvalue weighted by Gasteiger charge is 2.41. The lowest BCUT2D eigenvalue weighted by atomic mass is 9.95. The van der Waals surface area contributed by atoms with E-state index in [1.54, 1.807) is 0 Å². The normalized spacial score (nSPS) is 27.1. The molecule has 3 unspecified atom stereocenters. The fraction of sp³-hybridized carbons (Fsp3) is 0.571. The van der Waals surface area contributed by atoms with Crippen molar-refractivity contribution in [3.05, 3.63) is 65.2 Å². The lowest BCUT2D eigenvalue weighted by Crippen LogP contribution is -2.49. The number of anilines is 1. The number of ether oxygens (including phenoxy) is 1. The van der Waals surface area contributed by atoms with Gasteiger partial charge in [0.25, 0.3) is 0 Å². The van der Waals surface area contributed by atoms with E-state index in [2.05, 4.69) is 32.9 Å². The number of rotatable bonds is 6. The third-order valence-electron chi connectivity index (χ3n) is 8.56. The van der Waals surface area contributed by atoms with Crippen molar-refractivity contribution in [2.24, 2.45) is 0 Å². The summed E-state index contributed by atoms with van der Waals surface area (Å²) in [5.74, 6) is 0.621. The van der Waals surface area contributed by atoms with Gasteiger partial charge in [0.1, 0.15) is 0 Å². The van der Waals surface area contributed by atoms with Crippen LogP contribution in [0, 0.1) is 0 Å². The molecule has 5 heteroatoms. The number of hydrogen-bond acceptors (Lipinski definition) is 5. The zero-order valence-electron chi connectivity index (χ0n) is 19.6. The van der Waals surface area contributed by atoms with Crippen LogP contribution >= 0.6 is 0 Å². The highest BCUT2D eigenvalue weighted by molar-refractivity contribution is 5.55. The molecule has 1 N–H and O–H groups in total. The zero-order chi connectivity index (χ0) is 22.2. The minimum absolute atomic E-state index is 0.254. The van der Waals surface area contributed by atoms with Crippen molar-refractivity contribution in [3.8, 4) is 0 Å². The number of benzene rings is 2. The van der Waals surface area contributed by atoms with E-state index in [4.69, 9.17) is 4.74 Å². The first-order chi connectivity index (χ1) is 16.3. The molecule has 4 aliphatic rings. The molecular weight excluding hydrogens is 410 g/mol. The van der Waals surface area contributed by atoms with E-state index in [0.717, 1.165) is 44.1 Å². The van der Waals surface area contributed by atoms with Crippen molar-refractivity contribution in [1.82, 2.24) is 9.80 Å². The summed E-state index contributed by atoms with van der Waals surface area (Å²) in [7, 11) is 0. The molecule has 0 radical (unpaired) electrons. The first kappa shape index (κ1) is 21.6. The molecule has 2 aromatic carbocycles. The van der Waals surface area contributed by atoms with Gasteiger partial charge in [0, 0.05) is 50.5 Å². The van der Waals surface area contributed by atoms with Crippen molar-refractivity contribution in [3.63, 3.8) is 0 Å². The van der Waals surface area contributed by atoms with Crippen LogP contribution in [-0.2, 0) is 11.3 Å². The van der Waals surface area contributed by atoms with Gasteiger partial charge in [-0.2, -0.15) is 0 Å². The Hall–Kier alpha value is -1.92. The molecule has 3 fully saturated rings. The van der Waals surface area contributed by atoms with Crippen LogP contribution in [0.1, 0.15) is 67.2 Å². The second-order valence-electron chi connectivity index (χ2n) is 10.4. The number of piperidine rings is 1. The van der Waals surface area contributed by atoms with E-state index in [9.17, 15) is 5.11 Å². The minimum Gasteiger partial charge on any atom is -0.369 e. The molecule has 3 atom stereocenters. The van der Waals surface area contributed by atoms with Crippen molar-refractivity contribution in [1.29, 1.82) is 0 Å². The minimum atomic E-state index is -0.860. The topological polar surface area (TPSA) is 39.2 Å². The Morgan fingerprint density at radius 3 is 2.45 bits per heavy atom. The molecule has 2 bridgehead atoms. The van der Waals surface area contributed by atoms with Gasteiger partial charge in [-0.15, -0.1) is 0 Å². The highest BCUT2D eigenvalue weighted by Crippen LogP contribution is 2.50. The Bertz CT molecular complexity index is 937. The molecular formula is C28H37N3O2. The van der Waals surface area contributed by atoms with Gasteiger partial charge in [0.2, 0.25) is 6.41 Å². The predicted molar refractivity (Wildman–Crippen MR) is 131 cm³/mol. The Morgan fingerprint density at radius 2 is 1.67 bits per heavy atom. The van der Waals surface area contributed by atoms with Gasteiger partial charge < -0.3 is 14.7 Å². The number of nitrogens with zero attached hydrogens (tertiary/aromatic N) is 3. The van der Waals surface area contributed by atoms with Crippen molar-refractivity contribution in [2.45, 2.75) is 69.5 Å². The first-order valence-electron chi connectivity index (χ1n) is 13.0. The SMILES string of the molecule is OC(OCc1ccccc1)N1CCC2CC1c1cc(N3CCN(C4CCCC4)CC3)ccc12. The second kappa shape index (κ2) is 9.38. The number of likely N-dealkylation sites (tertiary alicyclic amines) is 1. The van der Waals surface area contributed by atoms with E-state index in [0.29, 0.717) is 12.5 Å². The van der Waals surface area contributed by atoms with Crippen LogP contribution in [0.4, 0.5) is 5.69 Å². The fourth-order valence-corrected chi connectivity index (χ4v) is 6.71. The van der Waals surface area contributed by atoms with E-state index in [-0.39, 0.29) is 6.04 Å². The van der Waals surface area contributed by atoms with Crippen molar-refractivity contribution < 1.29 is 9.84 Å². The molecule has 0 spiro atoms. The Labute approximate surface area is 197 Å². The quantitative estimate of drug-likeness (QED) is 0.661. The smallest absolute Gasteiger partial charge is 0.216 e. The van der Waals surface area contributed by atoms with Gasteiger partial charge in [0.15, 0.2) is 0 Å². The van der Waals surface area contributed by atoms with E-state index >= 15 is 0 Å². The number of piperazine rings is 1. The zero-order valence-corrected chi connectivity index (χ0v) is 19.6. The Balaban J connectivity index is 1.13.